The van der Waals surface area contributed by atoms with E-state index in [0.717, 1.165) is 12.8 Å². The zero-order valence-electron chi connectivity index (χ0n) is 12.3. The Bertz CT molecular complexity index is 263. The Kier molecular flexibility index (Phi) is 9.03. The lowest BCUT2D eigenvalue weighted by Gasteiger charge is -2.24. The van der Waals surface area contributed by atoms with E-state index in [1.165, 1.54) is 11.8 Å². The van der Waals surface area contributed by atoms with Crippen LogP contribution < -0.4 is 5.48 Å². The summed E-state index contributed by atoms with van der Waals surface area (Å²) in [4.78, 5) is 0. The monoisotopic (exact) mass is 282 g/mol. The number of nitrogens with one attached hydrogen (secondary N) is 1. The zero-order valence-corrected chi connectivity index (χ0v) is 13.2. The third-order valence-electron chi connectivity index (χ3n) is 2.67. The third-order valence-corrected chi connectivity index (χ3v) is 4.47. The van der Waals surface area contributed by atoms with Crippen LogP contribution in [0.3, 0.4) is 0 Å². The van der Waals surface area contributed by atoms with E-state index in [1.807, 2.05) is 13.8 Å². The van der Waals surface area contributed by atoms with Gasteiger partial charge in [-0.15, -0.1) is 0 Å². The molecule has 0 aliphatic rings. The van der Waals surface area contributed by atoms with Gasteiger partial charge in [-0.1, -0.05) is 13.8 Å². The van der Waals surface area contributed by atoms with Gasteiger partial charge in [-0.05, 0) is 33.9 Å². The number of hydrogen-bond donors (Lipinski definition) is 1. The van der Waals surface area contributed by atoms with Crippen molar-refractivity contribution in [2.24, 2.45) is 0 Å². The molecule has 6 nitrogen and oxygen atoms in total. The van der Waals surface area contributed by atoms with Gasteiger partial charge in [-0.2, -0.15) is 5.48 Å². The maximum Gasteiger partial charge on any atom is 0.423 e. The molecule has 0 aromatic carbocycles. The highest BCUT2D eigenvalue weighted by atomic mass is 31.2. The van der Waals surface area contributed by atoms with Crippen molar-refractivity contribution in [2.45, 2.75) is 45.8 Å². The van der Waals surface area contributed by atoms with E-state index in [2.05, 4.69) is 12.4 Å². The zero-order chi connectivity index (χ0) is 14.2. The second kappa shape index (κ2) is 9.02. The molecule has 1 N–H and O–H groups in total. The molecule has 3 atom stereocenters. The van der Waals surface area contributed by atoms with Gasteiger partial charge in [0.25, 0.3) is 0 Å². The summed E-state index contributed by atoms with van der Waals surface area (Å²) >= 11 is 0. The van der Waals surface area contributed by atoms with Gasteiger partial charge in [0, 0.05) is 13.7 Å². The van der Waals surface area contributed by atoms with Crippen molar-refractivity contribution in [2.75, 3.05) is 27.7 Å². The van der Waals surface area contributed by atoms with Crippen LogP contribution >= 0.6 is 7.75 Å². The van der Waals surface area contributed by atoms with Crippen molar-refractivity contribution in [3.05, 3.63) is 0 Å². The second-order valence-corrected chi connectivity index (χ2v) is 6.61. The molecule has 0 saturated carbocycles. The second-order valence-electron chi connectivity index (χ2n) is 4.32. The van der Waals surface area contributed by atoms with Crippen LogP contribution in [0.1, 0.15) is 33.6 Å². The van der Waals surface area contributed by atoms with E-state index in [1.54, 1.807) is 14.1 Å². The smallest absolute Gasteiger partial charge is 0.374 e. The van der Waals surface area contributed by atoms with E-state index in [4.69, 9.17) is 13.9 Å². The maximum absolute atomic E-state index is 12.0. The predicted octanol–water partition coefficient (Wildman–Crippen LogP) is 2.42. The van der Waals surface area contributed by atoms with Crippen molar-refractivity contribution in [1.29, 1.82) is 0 Å². The Labute approximate surface area is 111 Å². The Morgan fingerprint density at radius 3 is 2.28 bits per heavy atom. The van der Waals surface area contributed by atoms with Crippen LogP contribution in [0.25, 0.3) is 0 Å². The first kappa shape index (κ1) is 18.0. The quantitative estimate of drug-likeness (QED) is 0.490. The summed E-state index contributed by atoms with van der Waals surface area (Å²) in [6, 6.07) is 0. The molecule has 7 heteroatoms. The number of hydrogen-bond acceptors (Lipinski definition) is 5. The largest absolute Gasteiger partial charge is 0.423 e. The molecule has 0 radical (unpaired) electrons. The molecule has 0 aliphatic carbocycles. The van der Waals surface area contributed by atoms with Crippen LogP contribution in [-0.2, 0) is 18.5 Å². The van der Waals surface area contributed by atoms with Gasteiger partial charge in [0.05, 0.1) is 12.2 Å². The van der Waals surface area contributed by atoms with Crippen molar-refractivity contribution in [3.8, 4) is 0 Å². The van der Waals surface area contributed by atoms with Gasteiger partial charge in [0.15, 0.2) is 0 Å². The van der Waals surface area contributed by atoms with Crippen LogP contribution in [0, 0.1) is 0 Å². The fourth-order valence-corrected chi connectivity index (χ4v) is 2.01. The summed E-state index contributed by atoms with van der Waals surface area (Å²) in [6.07, 6.45) is 2.07. The minimum absolute atomic E-state index is 0.0346. The lowest BCUT2D eigenvalue weighted by atomic mass is 10.2. The molecule has 18 heavy (non-hydrogen) atoms. The van der Waals surface area contributed by atoms with E-state index < -0.39 is 7.75 Å². The molecule has 0 aromatic rings. The van der Waals surface area contributed by atoms with Crippen molar-refractivity contribution >= 4 is 7.75 Å². The van der Waals surface area contributed by atoms with Crippen LogP contribution in [0.5, 0.6) is 0 Å². The van der Waals surface area contributed by atoms with Gasteiger partial charge in [0.2, 0.25) is 0 Å². The SMILES string of the molecule is CCC(C)OC(CC)CNOP(=O)(OC)N(C)C. The summed E-state index contributed by atoms with van der Waals surface area (Å²) in [7, 11) is 1.42. The standard InChI is InChI=1S/C11H27N2O4P/c1-7-10(3)16-11(8-2)9-12-17-18(14,15-6)13(4)5/h10-12H,7-9H2,1-6H3. The van der Waals surface area contributed by atoms with E-state index in [0.29, 0.717) is 6.54 Å². The lowest BCUT2D eigenvalue weighted by Crippen LogP contribution is -2.32. The molecule has 0 rings (SSSR count). The van der Waals surface area contributed by atoms with Gasteiger partial charge in [-0.25, -0.2) is 13.9 Å². The highest BCUT2D eigenvalue weighted by molar-refractivity contribution is 7.51. The molecule has 110 valence electrons. The summed E-state index contributed by atoms with van der Waals surface area (Å²) in [5.74, 6) is 0. The first-order valence-corrected chi connectivity index (χ1v) is 7.79. The summed E-state index contributed by atoms with van der Waals surface area (Å²) < 4.78 is 29.2. The molecule has 0 saturated heterocycles. The normalized spacial score (nSPS) is 18.6. The molecule has 0 amide bonds. The third kappa shape index (κ3) is 6.27. The minimum Gasteiger partial charge on any atom is -0.374 e. The van der Waals surface area contributed by atoms with Gasteiger partial charge < -0.3 is 4.74 Å². The van der Waals surface area contributed by atoms with Gasteiger partial charge >= 0.3 is 7.75 Å². The molecular formula is C11H27N2O4P. The maximum atomic E-state index is 12.0. The fraction of sp³-hybridized carbons (Fsp3) is 1.00. The molecular weight excluding hydrogens is 255 g/mol. The van der Waals surface area contributed by atoms with E-state index >= 15 is 0 Å². The molecule has 0 aromatic heterocycles. The lowest BCUT2D eigenvalue weighted by molar-refractivity contribution is -0.0214. The van der Waals surface area contributed by atoms with Crippen LogP contribution in [0.2, 0.25) is 0 Å². The average Bonchev–Trinajstić information content (AvgIpc) is 2.36. The predicted molar refractivity (Wildman–Crippen MR) is 72.3 cm³/mol. The molecule has 0 fully saturated rings. The highest BCUT2D eigenvalue weighted by Crippen LogP contribution is 2.47. The van der Waals surface area contributed by atoms with Crippen LogP contribution in [-0.4, -0.2) is 44.6 Å². The van der Waals surface area contributed by atoms with Gasteiger partial charge in [-0.3, -0.25) is 4.52 Å². The van der Waals surface area contributed by atoms with E-state index in [-0.39, 0.29) is 12.2 Å². The Balaban J connectivity index is 4.10. The van der Waals surface area contributed by atoms with Crippen molar-refractivity contribution in [1.82, 2.24) is 10.2 Å². The van der Waals surface area contributed by atoms with Crippen molar-refractivity contribution in [3.63, 3.8) is 0 Å². The molecule has 0 aliphatic heterocycles. The summed E-state index contributed by atoms with van der Waals surface area (Å²) in [5, 5.41) is 0. The molecule has 0 spiro atoms. The summed E-state index contributed by atoms with van der Waals surface area (Å²) in [6.45, 7) is 6.62. The Hall–Kier alpha value is 0.0300. The van der Waals surface area contributed by atoms with E-state index in [9.17, 15) is 4.57 Å². The molecule has 3 unspecified atom stereocenters. The Morgan fingerprint density at radius 2 is 1.89 bits per heavy atom. The first-order valence-electron chi connectivity index (χ1n) is 6.30. The number of ether oxygens (including phenoxy) is 1. The highest BCUT2D eigenvalue weighted by Gasteiger charge is 2.27. The fourth-order valence-electron chi connectivity index (χ4n) is 1.21. The average molecular weight is 282 g/mol. The topological polar surface area (TPSA) is 60.0 Å². The molecule has 0 heterocycles. The first-order chi connectivity index (χ1) is 8.39. The van der Waals surface area contributed by atoms with Gasteiger partial charge in [0.1, 0.15) is 0 Å². The van der Waals surface area contributed by atoms with Crippen LogP contribution in [0.15, 0.2) is 0 Å². The Morgan fingerprint density at radius 1 is 1.28 bits per heavy atom. The number of rotatable bonds is 10. The minimum atomic E-state index is -3.21. The molecule has 0 bridgehead atoms. The van der Waals surface area contributed by atoms with Crippen molar-refractivity contribution < 1.29 is 18.5 Å². The summed E-state index contributed by atoms with van der Waals surface area (Å²) in [5.41, 5.74) is 2.68. The number of hydroxylamine groups is 1. The van der Waals surface area contributed by atoms with Crippen LogP contribution in [0.4, 0.5) is 0 Å². The number of nitrogens with zero attached hydrogens (tertiary/aromatic N) is 1.